The fraction of sp³-hybridized carbons (Fsp3) is 0.583. The molecule has 12 nitrogen and oxygen atoms in total. The topological polar surface area (TPSA) is 208 Å². The maximum Gasteiger partial charge on any atom is 0.322 e. The van der Waals surface area contributed by atoms with Gasteiger partial charge in [-0.2, -0.15) is 0 Å². The number of hydrogen-bond acceptors (Lipinski definition) is 7. The molecular weight excluding hydrogens is 328 g/mol. The molecule has 0 saturated carbocycles. The third kappa shape index (κ3) is 8.65. The number of rotatable bonds is 10. The van der Waals surface area contributed by atoms with E-state index in [4.69, 9.17) is 15.9 Å². The lowest BCUT2D eigenvalue weighted by Crippen LogP contribution is -2.57. The molecular formula is C12H20N4O8. The minimum atomic E-state index is -1.47. The maximum atomic E-state index is 11.9. The summed E-state index contributed by atoms with van der Waals surface area (Å²) >= 11 is 0. The highest BCUT2D eigenvalue weighted by molar-refractivity contribution is 5.93. The van der Waals surface area contributed by atoms with E-state index in [1.807, 2.05) is 5.32 Å². The Bertz CT molecular complexity index is 507. The lowest BCUT2D eigenvalue weighted by atomic mass is 10.1. The summed E-state index contributed by atoms with van der Waals surface area (Å²) < 4.78 is 0. The summed E-state index contributed by atoms with van der Waals surface area (Å²) in [6.07, 6.45) is -2.02. The summed E-state index contributed by atoms with van der Waals surface area (Å²) in [6, 6.07) is -2.89. The summed E-state index contributed by atoms with van der Waals surface area (Å²) in [7, 11) is 0. The molecule has 0 bridgehead atoms. The van der Waals surface area contributed by atoms with Crippen molar-refractivity contribution in [3.8, 4) is 0 Å². The van der Waals surface area contributed by atoms with Crippen LogP contribution < -0.4 is 21.7 Å². The molecule has 3 amide bonds. The summed E-state index contributed by atoms with van der Waals surface area (Å²) in [4.78, 5) is 55.6. The molecule has 0 aliphatic carbocycles. The van der Waals surface area contributed by atoms with Gasteiger partial charge in [0.1, 0.15) is 12.6 Å². The van der Waals surface area contributed by atoms with Gasteiger partial charge in [-0.15, -0.1) is 0 Å². The van der Waals surface area contributed by atoms with Crippen molar-refractivity contribution in [2.45, 2.75) is 31.5 Å². The van der Waals surface area contributed by atoms with Gasteiger partial charge >= 0.3 is 11.9 Å². The molecule has 0 spiro atoms. The molecule has 24 heavy (non-hydrogen) atoms. The van der Waals surface area contributed by atoms with Crippen molar-refractivity contribution in [1.29, 1.82) is 0 Å². The predicted molar refractivity (Wildman–Crippen MR) is 77.5 cm³/mol. The number of carbonyl (C=O) groups is 5. The van der Waals surface area contributed by atoms with E-state index in [-0.39, 0.29) is 0 Å². The van der Waals surface area contributed by atoms with Crippen LogP contribution in [0.25, 0.3) is 0 Å². The zero-order valence-electron chi connectivity index (χ0n) is 12.8. The van der Waals surface area contributed by atoms with E-state index in [9.17, 15) is 29.1 Å². The van der Waals surface area contributed by atoms with E-state index in [0.29, 0.717) is 0 Å². The van der Waals surface area contributed by atoms with E-state index in [2.05, 4.69) is 10.6 Å². The SMILES string of the molecule is CC(O)C(NC(=O)C(N)CC(=O)O)C(=O)NCC(=O)NCC(=O)O. The predicted octanol–water partition coefficient (Wildman–Crippen LogP) is -4.03. The Kier molecular flexibility index (Phi) is 8.97. The first-order valence-electron chi connectivity index (χ1n) is 6.76. The minimum Gasteiger partial charge on any atom is -0.481 e. The monoisotopic (exact) mass is 348 g/mol. The summed E-state index contributed by atoms with van der Waals surface area (Å²) in [5.74, 6) is -5.26. The Labute approximate surface area is 136 Å². The van der Waals surface area contributed by atoms with E-state index < -0.39 is 67.4 Å². The Morgan fingerprint density at radius 3 is 2.00 bits per heavy atom. The van der Waals surface area contributed by atoms with Gasteiger partial charge in [0, 0.05) is 0 Å². The molecule has 8 N–H and O–H groups in total. The molecule has 0 fully saturated rings. The second-order valence-corrected chi connectivity index (χ2v) is 4.82. The van der Waals surface area contributed by atoms with Crippen LogP contribution in [-0.4, -0.2) is 76.3 Å². The lowest BCUT2D eigenvalue weighted by molar-refractivity contribution is -0.140. The molecule has 136 valence electrons. The van der Waals surface area contributed by atoms with Gasteiger partial charge in [0.25, 0.3) is 0 Å². The molecule has 12 heteroatoms. The van der Waals surface area contributed by atoms with Gasteiger partial charge < -0.3 is 37.0 Å². The zero-order chi connectivity index (χ0) is 18.9. The highest BCUT2D eigenvalue weighted by atomic mass is 16.4. The number of hydrogen-bond donors (Lipinski definition) is 7. The molecule has 0 aromatic rings. The van der Waals surface area contributed by atoms with Crippen LogP contribution in [0.2, 0.25) is 0 Å². The van der Waals surface area contributed by atoms with Gasteiger partial charge in [-0.25, -0.2) is 0 Å². The maximum absolute atomic E-state index is 11.9. The first-order valence-corrected chi connectivity index (χ1v) is 6.76. The first-order chi connectivity index (χ1) is 11.0. The normalized spacial score (nSPS) is 14.0. The van der Waals surface area contributed by atoms with Gasteiger partial charge in [0.2, 0.25) is 17.7 Å². The van der Waals surface area contributed by atoms with Crippen molar-refractivity contribution in [3.63, 3.8) is 0 Å². The summed E-state index contributed by atoms with van der Waals surface area (Å²) in [6.45, 7) is -0.0144. The van der Waals surface area contributed by atoms with Gasteiger partial charge in [-0.3, -0.25) is 24.0 Å². The van der Waals surface area contributed by atoms with E-state index in [0.717, 1.165) is 0 Å². The fourth-order valence-corrected chi connectivity index (χ4v) is 1.46. The number of aliphatic hydroxyl groups is 1. The van der Waals surface area contributed by atoms with E-state index in [1.165, 1.54) is 6.92 Å². The molecule has 0 saturated heterocycles. The fourth-order valence-electron chi connectivity index (χ4n) is 1.46. The molecule has 0 aliphatic heterocycles. The van der Waals surface area contributed by atoms with Crippen molar-refractivity contribution in [3.05, 3.63) is 0 Å². The standard InChI is InChI=1S/C12H20N4O8/c1-5(17)10(16-11(23)6(13)2-8(19)20)12(24)15-3-7(18)14-4-9(21)22/h5-6,10,17H,2-4,13H2,1H3,(H,14,18)(H,15,24)(H,16,23)(H,19,20)(H,21,22). The number of nitrogens with two attached hydrogens (primary N) is 1. The van der Waals surface area contributed by atoms with Crippen molar-refractivity contribution >= 4 is 29.7 Å². The van der Waals surface area contributed by atoms with Crippen molar-refractivity contribution in [1.82, 2.24) is 16.0 Å². The number of carboxylic acids is 2. The van der Waals surface area contributed by atoms with Crippen LogP contribution in [0.5, 0.6) is 0 Å². The average molecular weight is 348 g/mol. The highest BCUT2D eigenvalue weighted by Gasteiger charge is 2.28. The Morgan fingerprint density at radius 2 is 1.54 bits per heavy atom. The summed E-state index contributed by atoms with van der Waals surface area (Å²) in [5, 5.41) is 32.6. The summed E-state index contributed by atoms with van der Waals surface area (Å²) in [5.41, 5.74) is 5.33. The quantitative estimate of drug-likeness (QED) is 0.205. The van der Waals surface area contributed by atoms with Crippen LogP contribution in [0.3, 0.4) is 0 Å². The Balaban J connectivity index is 4.57. The van der Waals surface area contributed by atoms with Crippen LogP contribution >= 0.6 is 0 Å². The zero-order valence-corrected chi connectivity index (χ0v) is 12.8. The first kappa shape index (κ1) is 21.3. The number of carboxylic acid groups (broad SMARTS) is 2. The van der Waals surface area contributed by atoms with Crippen LogP contribution in [-0.2, 0) is 24.0 Å². The molecule has 0 radical (unpaired) electrons. The minimum absolute atomic E-state index is 0.577. The number of carbonyl (C=O) groups excluding carboxylic acids is 3. The van der Waals surface area contributed by atoms with Crippen LogP contribution in [0.4, 0.5) is 0 Å². The molecule has 0 heterocycles. The van der Waals surface area contributed by atoms with Crippen LogP contribution in [0, 0.1) is 0 Å². The van der Waals surface area contributed by atoms with Gasteiger partial charge in [-0.1, -0.05) is 0 Å². The molecule has 0 aliphatic rings. The van der Waals surface area contributed by atoms with Crippen molar-refractivity contribution in [2.24, 2.45) is 5.73 Å². The number of amides is 3. The average Bonchev–Trinajstić information content (AvgIpc) is 2.46. The highest BCUT2D eigenvalue weighted by Crippen LogP contribution is 1.96. The number of aliphatic hydroxyl groups excluding tert-OH is 1. The van der Waals surface area contributed by atoms with E-state index >= 15 is 0 Å². The van der Waals surface area contributed by atoms with Crippen LogP contribution in [0.15, 0.2) is 0 Å². The van der Waals surface area contributed by atoms with Gasteiger partial charge in [-0.05, 0) is 6.92 Å². The second kappa shape index (κ2) is 10.1. The Hall–Kier alpha value is -2.73. The molecule has 3 atom stereocenters. The Morgan fingerprint density at radius 1 is 0.958 bits per heavy atom. The smallest absolute Gasteiger partial charge is 0.322 e. The van der Waals surface area contributed by atoms with Crippen molar-refractivity contribution < 1.29 is 39.3 Å². The molecule has 0 rings (SSSR count). The molecule has 0 aromatic heterocycles. The number of nitrogens with one attached hydrogen (secondary N) is 3. The van der Waals surface area contributed by atoms with E-state index in [1.54, 1.807) is 0 Å². The van der Waals surface area contributed by atoms with Gasteiger partial charge in [0.05, 0.1) is 25.1 Å². The third-order valence-corrected chi connectivity index (χ3v) is 2.65. The van der Waals surface area contributed by atoms with Crippen LogP contribution in [0.1, 0.15) is 13.3 Å². The molecule has 0 aromatic carbocycles. The van der Waals surface area contributed by atoms with Crippen molar-refractivity contribution in [2.75, 3.05) is 13.1 Å². The van der Waals surface area contributed by atoms with Gasteiger partial charge in [0.15, 0.2) is 0 Å². The third-order valence-electron chi connectivity index (χ3n) is 2.65. The second-order valence-electron chi connectivity index (χ2n) is 4.82. The largest absolute Gasteiger partial charge is 0.481 e. The number of aliphatic carboxylic acids is 2. The lowest BCUT2D eigenvalue weighted by Gasteiger charge is -2.22. The molecule has 3 unspecified atom stereocenters.